The van der Waals surface area contributed by atoms with Crippen molar-refractivity contribution in [3.05, 3.63) is 114 Å². The number of aryl methyl sites for hydroxylation is 7. The van der Waals surface area contributed by atoms with E-state index < -0.39 is 47.3 Å². The zero-order valence-electron chi connectivity index (χ0n) is 42.0. The van der Waals surface area contributed by atoms with Gasteiger partial charge in [0.2, 0.25) is 23.5 Å². The molecule has 7 heterocycles. The molecule has 0 aromatic carbocycles. The van der Waals surface area contributed by atoms with Crippen molar-refractivity contribution >= 4 is 87.6 Å². The molecule has 0 unspecified atom stereocenters. The summed E-state index contributed by atoms with van der Waals surface area (Å²) in [6.07, 6.45) is 12.4. The Morgan fingerprint density at radius 2 is 0.880 bits per heavy atom. The number of hydrogen-bond donors (Lipinski definition) is 8. The third-order valence-corrected chi connectivity index (χ3v) is 11.4. The van der Waals surface area contributed by atoms with Gasteiger partial charge in [0.15, 0.2) is 17.5 Å². The van der Waals surface area contributed by atoms with Crippen LogP contribution < -0.4 is 42.5 Å². The first-order chi connectivity index (χ1) is 35.7. The van der Waals surface area contributed by atoms with Crippen molar-refractivity contribution in [3.63, 3.8) is 0 Å². The summed E-state index contributed by atoms with van der Waals surface area (Å²) in [7, 11) is 12.6. The largest absolute Gasteiger partial charge is 0.464 e. The molecular weight excluding hydrogens is 977 g/mol. The maximum atomic E-state index is 13.3. The lowest BCUT2D eigenvalue weighted by atomic mass is 10.3. The van der Waals surface area contributed by atoms with E-state index in [9.17, 15) is 43.2 Å². The van der Waals surface area contributed by atoms with Gasteiger partial charge in [-0.05, 0) is 30.7 Å². The summed E-state index contributed by atoms with van der Waals surface area (Å²) in [4.78, 5) is 128. The molecule has 0 aliphatic carbocycles. The van der Waals surface area contributed by atoms with Gasteiger partial charge in [-0.25, -0.2) is 19.7 Å². The van der Waals surface area contributed by atoms with E-state index in [1.165, 1.54) is 83.6 Å². The van der Waals surface area contributed by atoms with Crippen molar-refractivity contribution in [2.45, 2.75) is 19.3 Å². The molecule has 0 spiro atoms. The maximum absolute atomic E-state index is 13.3. The number of esters is 1. The molecule has 0 bridgehead atoms. The zero-order chi connectivity index (χ0) is 54.2. The molecule has 0 aliphatic rings. The number of anilines is 6. The van der Waals surface area contributed by atoms with E-state index in [4.69, 9.17) is 4.74 Å². The van der Waals surface area contributed by atoms with Crippen LogP contribution in [0.5, 0.6) is 0 Å². The Bertz CT molecular complexity index is 3370. The van der Waals surface area contributed by atoms with Gasteiger partial charge in [0.05, 0.1) is 29.9 Å². The fourth-order valence-corrected chi connectivity index (χ4v) is 7.66. The number of hydrogen-bond acceptors (Lipinski definition) is 13. The van der Waals surface area contributed by atoms with Gasteiger partial charge in [0.1, 0.15) is 22.8 Å². The first-order valence-electron chi connectivity index (χ1n) is 22.9. The molecule has 0 fully saturated rings. The van der Waals surface area contributed by atoms with Gasteiger partial charge in [-0.2, -0.15) is 0 Å². The fraction of sp³-hybridized carbons (Fsp3) is 0.277. The fourth-order valence-electron chi connectivity index (χ4n) is 7.66. The van der Waals surface area contributed by atoms with Gasteiger partial charge in [-0.15, -0.1) is 0 Å². The molecule has 7 aromatic heterocycles. The second kappa shape index (κ2) is 22.6. The Morgan fingerprint density at radius 1 is 0.440 bits per heavy atom. The smallest absolute Gasteiger partial charge is 0.354 e. The molecule has 7 aromatic rings. The van der Waals surface area contributed by atoms with Crippen molar-refractivity contribution < 1.29 is 47.9 Å². The van der Waals surface area contributed by atoms with Crippen LogP contribution in [0.25, 0.3) is 0 Å². The highest BCUT2D eigenvalue weighted by Gasteiger charge is 2.23. The van der Waals surface area contributed by atoms with Crippen LogP contribution in [0.3, 0.4) is 0 Å². The number of ether oxygens (including phenoxy) is 1. The SMILES string of the molecule is COC(=O)c1cc(NC(=O)c2cc(NC(=O)c3nc(NC(=O)c4cc(NC(=O)CCCNC(=O)c5nc(NC(=O)CCNC(=O)c6cc(NC(=O)c7nccn7C)cn6C)cn5C)cn4C)cn3C)cn2C)cn1C. The molecule has 8 amide bonds. The van der Waals surface area contributed by atoms with Gasteiger partial charge in [-0.1, -0.05) is 0 Å². The van der Waals surface area contributed by atoms with Crippen molar-refractivity contribution in [2.24, 2.45) is 49.3 Å². The first kappa shape index (κ1) is 52.8. The average molecular weight is 1030 g/mol. The minimum absolute atomic E-state index is 0.00536. The molecular formula is C47H54N18O10. The number of methoxy groups -OCH3 is 1. The number of aromatic nitrogens is 10. The molecule has 7 rings (SSSR count). The predicted molar refractivity (Wildman–Crippen MR) is 270 cm³/mol. The number of imidazole rings is 3. The third kappa shape index (κ3) is 12.7. The number of rotatable bonds is 20. The van der Waals surface area contributed by atoms with E-state index in [-0.39, 0.29) is 90.1 Å². The molecule has 28 heteroatoms. The highest BCUT2D eigenvalue weighted by Crippen LogP contribution is 2.21. The molecule has 0 saturated carbocycles. The normalized spacial score (nSPS) is 10.9. The maximum Gasteiger partial charge on any atom is 0.354 e. The molecule has 28 nitrogen and oxygen atoms in total. The van der Waals surface area contributed by atoms with Crippen molar-refractivity contribution in [1.29, 1.82) is 0 Å². The topological polar surface area (TPSA) is 332 Å². The average Bonchev–Trinajstić information content (AvgIpc) is 4.24. The van der Waals surface area contributed by atoms with Crippen LogP contribution in [0.1, 0.15) is 93.1 Å². The summed E-state index contributed by atoms with van der Waals surface area (Å²) < 4.78 is 15.2. The van der Waals surface area contributed by atoms with Crippen LogP contribution in [0.4, 0.5) is 34.4 Å². The second-order valence-corrected chi connectivity index (χ2v) is 17.2. The van der Waals surface area contributed by atoms with Crippen LogP contribution in [0.15, 0.2) is 73.8 Å². The van der Waals surface area contributed by atoms with E-state index in [1.54, 1.807) is 78.7 Å². The lowest BCUT2D eigenvalue weighted by Gasteiger charge is -2.06. The lowest BCUT2D eigenvalue weighted by molar-refractivity contribution is -0.117. The summed E-state index contributed by atoms with van der Waals surface area (Å²) in [5.41, 5.74) is 2.25. The molecule has 0 saturated heterocycles. The van der Waals surface area contributed by atoms with Crippen LogP contribution in [0.2, 0.25) is 0 Å². The Hall–Kier alpha value is -10.0. The number of nitrogens with zero attached hydrogens (tertiary/aromatic N) is 10. The summed E-state index contributed by atoms with van der Waals surface area (Å²) in [5.74, 6) is -4.21. The molecule has 0 atom stereocenters. The second-order valence-electron chi connectivity index (χ2n) is 17.2. The predicted octanol–water partition coefficient (Wildman–Crippen LogP) is 1.94. The number of nitrogens with one attached hydrogen (secondary N) is 8. The summed E-state index contributed by atoms with van der Waals surface area (Å²) in [5, 5.41) is 21.5. The van der Waals surface area contributed by atoms with Crippen LogP contribution >= 0.6 is 0 Å². The van der Waals surface area contributed by atoms with Crippen molar-refractivity contribution in [2.75, 3.05) is 52.1 Å². The molecule has 75 heavy (non-hydrogen) atoms. The summed E-state index contributed by atoms with van der Waals surface area (Å²) >= 11 is 0. The summed E-state index contributed by atoms with van der Waals surface area (Å²) in [6.45, 7) is 0.105. The summed E-state index contributed by atoms with van der Waals surface area (Å²) in [6, 6.07) is 5.91. The van der Waals surface area contributed by atoms with Crippen LogP contribution in [0, 0.1) is 0 Å². The van der Waals surface area contributed by atoms with Gasteiger partial charge in [0, 0.05) is 125 Å². The van der Waals surface area contributed by atoms with Crippen LogP contribution in [-0.2, 0) is 63.7 Å². The minimum atomic E-state index is -0.623. The van der Waals surface area contributed by atoms with E-state index in [0.717, 1.165) is 0 Å². The zero-order valence-corrected chi connectivity index (χ0v) is 42.0. The van der Waals surface area contributed by atoms with E-state index in [1.807, 2.05) is 0 Å². The number of amides is 8. The van der Waals surface area contributed by atoms with Gasteiger partial charge >= 0.3 is 5.97 Å². The quantitative estimate of drug-likeness (QED) is 0.0400. The Balaban J connectivity index is 0.811. The van der Waals surface area contributed by atoms with E-state index in [2.05, 4.69) is 57.5 Å². The van der Waals surface area contributed by atoms with Gasteiger partial charge < -0.3 is 79.2 Å². The molecule has 0 radical (unpaired) electrons. The standard InChI is InChI=1S/C47H54N18O10/c1-59-15-14-48-38(59)45(72)53-27-17-30(60(2)21-27)41(68)50-13-11-37(67)55-34-24-64(6)39(56-34)44(71)49-12-9-10-36(66)51-26-16-32(61(3)20-26)43(70)58-35-25-65(7)40(57-35)46(73)54-28-18-31(62(4)22-28)42(69)52-29-19-33(47(74)75-8)63(5)23-29/h14-25H,9-13H2,1-8H3,(H,49,71)(H,50,68)(H,51,66)(H,52,69)(H,53,72)(H,54,73)(H,55,67)(H,58,70). The van der Waals surface area contributed by atoms with Gasteiger partial charge in [-0.3, -0.25) is 38.4 Å². The first-order valence-corrected chi connectivity index (χ1v) is 22.9. The number of carbonyl (C=O) groups is 9. The lowest BCUT2D eigenvalue weighted by Crippen LogP contribution is -2.29. The monoisotopic (exact) mass is 1030 g/mol. The van der Waals surface area contributed by atoms with E-state index >= 15 is 0 Å². The Kier molecular flexibility index (Phi) is 15.9. The molecule has 392 valence electrons. The third-order valence-electron chi connectivity index (χ3n) is 11.4. The molecule has 8 N–H and O–H groups in total. The molecule has 0 aliphatic heterocycles. The number of carbonyl (C=O) groups excluding carboxylic acids is 9. The van der Waals surface area contributed by atoms with Crippen molar-refractivity contribution in [3.8, 4) is 0 Å². The van der Waals surface area contributed by atoms with E-state index in [0.29, 0.717) is 22.7 Å². The minimum Gasteiger partial charge on any atom is -0.464 e. The van der Waals surface area contributed by atoms with Gasteiger partial charge in [0.25, 0.3) is 35.4 Å². The van der Waals surface area contributed by atoms with Crippen LogP contribution in [-0.4, -0.2) is 120 Å². The Morgan fingerprint density at radius 3 is 1.43 bits per heavy atom. The highest BCUT2D eigenvalue weighted by molar-refractivity contribution is 6.08. The Labute approximate surface area is 426 Å². The van der Waals surface area contributed by atoms with Crippen molar-refractivity contribution in [1.82, 2.24) is 57.6 Å². The highest BCUT2D eigenvalue weighted by atomic mass is 16.5.